The molecule has 2 aromatic rings. The number of nitrogens with zero attached hydrogens (tertiary/aromatic N) is 2. The molecule has 1 saturated heterocycles. The fourth-order valence-corrected chi connectivity index (χ4v) is 5.04. The third-order valence-corrected chi connectivity index (χ3v) is 7.38. The van der Waals surface area contributed by atoms with E-state index < -0.39 is 10.0 Å². The highest BCUT2D eigenvalue weighted by molar-refractivity contribution is 7.92. The number of ether oxygens (including phenoxy) is 2. The third kappa shape index (κ3) is 6.03. The van der Waals surface area contributed by atoms with Crippen LogP contribution in [0.4, 0.5) is 0 Å². The van der Waals surface area contributed by atoms with Crippen LogP contribution in [-0.4, -0.2) is 68.7 Å². The number of hydrogen-bond acceptors (Lipinski definition) is 6. The van der Waals surface area contributed by atoms with Crippen LogP contribution >= 0.6 is 0 Å². The van der Waals surface area contributed by atoms with Crippen LogP contribution in [-0.2, 0) is 14.8 Å². The number of fused-ring (bicyclic) bond motifs is 1. The van der Waals surface area contributed by atoms with Gasteiger partial charge in [-0.2, -0.15) is 4.31 Å². The molecule has 1 amide bonds. The summed E-state index contributed by atoms with van der Waals surface area (Å²) in [5.41, 5.74) is 1.29. The van der Waals surface area contributed by atoms with Crippen molar-refractivity contribution in [1.82, 2.24) is 9.21 Å². The van der Waals surface area contributed by atoms with Gasteiger partial charge >= 0.3 is 0 Å². The minimum Gasteiger partial charge on any atom is -0.490 e. The first kappa shape index (κ1) is 24.0. The number of piperazine rings is 1. The molecule has 180 valence electrons. The van der Waals surface area contributed by atoms with Gasteiger partial charge in [-0.1, -0.05) is 30.3 Å². The minimum atomic E-state index is -3.56. The molecule has 34 heavy (non-hydrogen) atoms. The molecule has 0 spiro atoms. The average molecular weight is 485 g/mol. The molecule has 4 rings (SSSR count). The molecule has 1 fully saturated rings. The maximum atomic E-state index is 12.6. The molecule has 0 aromatic heterocycles. The number of carbonyl (C=O) groups is 2. The molecular weight excluding hydrogens is 456 g/mol. The van der Waals surface area contributed by atoms with Crippen LogP contribution in [0.25, 0.3) is 6.08 Å². The summed E-state index contributed by atoms with van der Waals surface area (Å²) in [5.74, 6) is 0.876. The second-order valence-corrected chi connectivity index (χ2v) is 9.99. The summed E-state index contributed by atoms with van der Waals surface area (Å²) in [6.07, 6.45) is 2.51. The maximum Gasteiger partial charge on any atom is 0.236 e. The Hall–Kier alpha value is -3.17. The first-order chi connectivity index (χ1) is 16.4. The predicted octanol–water partition coefficient (Wildman–Crippen LogP) is 2.96. The van der Waals surface area contributed by atoms with Crippen molar-refractivity contribution in [2.45, 2.75) is 19.3 Å². The highest BCUT2D eigenvalue weighted by Crippen LogP contribution is 2.31. The summed E-state index contributed by atoms with van der Waals surface area (Å²) in [7, 11) is -3.56. The standard InChI is InChI=1S/C25H28N2O6S/c28-22(21-7-9-23-24(19-21)33-17-4-16-32-23)8-10-25(29)26-12-14-27(15-13-26)34(30,31)18-11-20-5-2-1-3-6-20/h1-3,5-7,9,11,18-19H,4,8,10,12-17H2/b18-11+. The number of amides is 1. The van der Waals surface area contributed by atoms with Crippen LogP contribution in [0.5, 0.6) is 11.5 Å². The lowest BCUT2D eigenvalue weighted by atomic mass is 10.1. The van der Waals surface area contributed by atoms with Crippen molar-refractivity contribution in [3.05, 3.63) is 65.1 Å². The summed E-state index contributed by atoms with van der Waals surface area (Å²) in [6, 6.07) is 14.3. The topological polar surface area (TPSA) is 93.2 Å². The number of ketones is 1. The van der Waals surface area contributed by atoms with Gasteiger partial charge in [0.05, 0.1) is 13.2 Å². The fraction of sp³-hybridized carbons (Fsp3) is 0.360. The van der Waals surface area contributed by atoms with E-state index in [1.807, 2.05) is 30.3 Å². The third-order valence-electron chi connectivity index (χ3n) is 5.82. The van der Waals surface area contributed by atoms with Gasteiger partial charge in [0.2, 0.25) is 15.9 Å². The van der Waals surface area contributed by atoms with E-state index in [1.165, 1.54) is 9.71 Å². The molecule has 0 unspecified atom stereocenters. The summed E-state index contributed by atoms with van der Waals surface area (Å²) < 4.78 is 37.8. The van der Waals surface area contributed by atoms with Crippen molar-refractivity contribution in [3.63, 3.8) is 0 Å². The van der Waals surface area contributed by atoms with Crippen LogP contribution < -0.4 is 9.47 Å². The van der Waals surface area contributed by atoms with Crippen molar-refractivity contribution in [3.8, 4) is 11.5 Å². The molecule has 0 N–H and O–H groups in total. The van der Waals surface area contributed by atoms with E-state index in [0.29, 0.717) is 43.4 Å². The van der Waals surface area contributed by atoms with E-state index in [-0.39, 0.29) is 37.6 Å². The zero-order chi connectivity index (χ0) is 24.0. The van der Waals surface area contributed by atoms with Gasteiger partial charge in [0.1, 0.15) is 0 Å². The monoisotopic (exact) mass is 484 g/mol. The fourth-order valence-electron chi connectivity index (χ4n) is 3.87. The molecule has 2 heterocycles. The molecule has 0 aliphatic carbocycles. The number of rotatable bonds is 7. The largest absolute Gasteiger partial charge is 0.490 e. The van der Waals surface area contributed by atoms with Gasteiger partial charge in [-0.05, 0) is 29.8 Å². The zero-order valence-corrected chi connectivity index (χ0v) is 19.7. The highest BCUT2D eigenvalue weighted by Gasteiger charge is 2.27. The Bertz CT molecular complexity index is 1160. The highest BCUT2D eigenvalue weighted by atomic mass is 32.2. The maximum absolute atomic E-state index is 12.6. The van der Waals surface area contributed by atoms with E-state index in [4.69, 9.17) is 9.47 Å². The number of sulfonamides is 1. The molecule has 0 bridgehead atoms. The van der Waals surface area contributed by atoms with Crippen LogP contribution in [0.1, 0.15) is 35.2 Å². The Morgan fingerprint density at radius 2 is 1.59 bits per heavy atom. The first-order valence-electron chi connectivity index (χ1n) is 11.4. The van der Waals surface area contributed by atoms with Crippen LogP contribution in [0.15, 0.2) is 53.9 Å². The Morgan fingerprint density at radius 3 is 2.32 bits per heavy atom. The number of carbonyl (C=O) groups excluding carboxylic acids is 2. The molecule has 0 saturated carbocycles. The van der Waals surface area contributed by atoms with Gasteiger partial charge in [0, 0.05) is 56.4 Å². The van der Waals surface area contributed by atoms with Gasteiger partial charge in [0.15, 0.2) is 17.3 Å². The van der Waals surface area contributed by atoms with E-state index in [0.717, 1.165) is 12.0 Å². The van der Waals surface area contributed by atoms with Crippen molar-refractivity contribution in [2.24, 2.45) is 0 Å². The lowest BCUT2D eigenvalue weighted by Crippen LogP contribution is -2.50. The summed E-state index contributed by atoms with van der Waals surface area (Å²) >= 11 is 0. The molecule has 9 heteroatoms. The Morgan fingerprint density at radius 1 is 0.882 bits per heavy atom. The van der Waals surface area contributed by atoms with E-state index >= 15 is 0 Å². The second kappa shape index (κ2) is 10.8. The van der Waals surface area contributed by atoms with Crippen LogP contribution in [0.2, 0.25) is 0 Å². The van der Waals surface area contributed by atoms with Crippen molar-refractivity contribution in [1.29, 1.82) is 0 Å². The predicted molar refractivity (Wildman–Crippen MR) is 128 cm³/mol. The SMILES string of the molecule is O=C(CCC(=O)N1CCN(S(=O)(=O)/C=C/c2ccccc2)CC1)c1ccc2c(c1)OCCCO2. The van der Waals surface area contributed by atoms with Gasteiger partial charge in [-0.3, -0.25) is 9.59 Å². The smallest absolute Gasteiger partial charge is 0.236 e. The quantitative estimate of drug-likeness (QED) is 0.561. The van der Waals surface area contributed by atoms with E-state index in [1.54, 1.807) is 29.2 Å². The average Bonchev–Trinajstić information content (AvgIpc) is 3.11. The first-order valence-corrected chi connectivity index (χ1v) is 12.9. The van der Waals surface area contributed by atoms with Crippen molar-refractivity contribution >= 4 is 27.8 Å². The minimum absolute atomic E-state index is 0.0773. The summed E-state index contributed by atoms with van der Waals surface area (Å²) in [5, 5.41) is 1.20. The summed E-state index contributed by atoms with van der Waals surface area (Å²) in [6.45, 7) is 2.16. The van der Waals surface area contributed by atoms with Gasteiger partial charge in [-0.25, -0.2) is 8.42 Å². The Balaban J connectivity index is 1.26. The van der Waals surface area contributed by atoms with Crippen LogP contribution in [0.3, 0.4) is 0 Å². The van der Waals surface area contributed by atoms with Gasteiger partial charge in [-0.15, -0.1) is 0 Å². The normalized spacial score (nSPS) is 16.9. The Kier molecular flexibility index (Phi) is 7.64. The molecule has 0 radical (unpaired) electrons. The van der Waals surface area contributed by atoms with Gasteiger partial charge in [0.25, 0.3) is 0 Å². The summed E-state index contributed by atoms with van der Waals surface area (Å²) in [4.78, 5) is 26.9. The van der Waals surface area contributed by atoms with Gasteiger partial charge < -0.3 is 14.4 Å². The van der Waals surface area contributed by atoms with Crippen molar-refractivity contribution < 1.29 is 27.5 Å². The van der Waals surface area contributed by atoms with E-state index in [2.05, 4.69) is 0 Å². The zero-order valence-electron chi connectivity index (χ0n) is 18.9. The van der Waals surface area contributed by atoms with Crippen LogP contribution in [0, 0.1) is 0 Å². The van der Waals surface area contributed by atoms with Crippen molar-refractivity contribution in [2.75, 3.05) is 39.4 Å². The molecule has 8 nitrogen and oxygen atoms in total. The number of Topliss-reactive ketones (excluding diaryl/α,β-unsaturated/α-hetero) is 1. The molecule has 2 aliphatic rings. The Labute approximate surface area is 199 Å². The molecule has 0 atom stereocenters. The lowest BCUT2D eigenvalue weighted by Gasteiger charge is -2.33. The number of benzene rings is 2. The second-order valence-electron chi connectivity index (χ2n) is 8.17. The van der Waals surface area contributed by atoms with E-state index in [9.17, 15) is 18.0 Å². The molecule has 2 aromatic carbocycles. The molecule has 2 aliphatic heterocycles. The molecular formula is C25H28N2O6S. The lowest BCUT2D eigenvalue weighted by molar-refractivity contribution is -0.132. The number of hydrogen-bond donors (Lipinski definition) is 0.